The highest BCUT2D eigenvalue weighted by Crippen LogP contribution is 2.21. The molecule has 0 radical (unpaired) electrons. The van der Waals surface area contributed by atoms with Gasteiger partial charge in [-0.1, -0.05) is 19.1 Å². The second kappa shape index (κ2) is 5.69. The molecule has 2 rings (SSSR count). The molecule has 0 bridgehead atoms. The van der Waals surface area contributed by atoms with E-state index in [2.05, 4.69) is 0 Å². The van der Waals surface area contributed by atoms with Gasteiger partial charge in [0.1, 0.15) is 0 Å². The van der Waals surface area contributed by atoms with Crippen molar-refractivity contribution in [3.8, 4) is 5.75 Å². The van der Waals surface area contributed by atoms with Gasteiger partial charge in [0.15, 0.2) is 17.3 Å². The second-order valence-electron chi connectivity index (χ2n) is 4.28. The topological polar surface area (TPSA) is 31.2 Å². The van der Waals surface area contributed by atoms with E-state index in [0.717, 1.165) is 0 Å². The minimum absolute atomic E-state index is 0.0878. The van der Waals surface area contributed by atoms with E-state index in [1.165, 1.54) is 7.11 Å². The van der Waals surface area contributed by atoms with Crippen molar-refractivity contribution < 1.29 is 13.9 Å². The molecule has 0 aliphatic heterocycles. The monoisotopic (exact) mass is 261 g/mol. The van der Waals surface area contributed by atoms with E-state index in [-0.39, 0.29) is 17.3 Å². The van der Waals surface area contributed by atoms with Crippen LogP contribution in [0.25, 0.3) is 0 Å². The van der Waals surface area contributed by atoms with Gasteiger partial charge in [0.25, 0.3) is 0 Å². The van der Waals surface area contributed by atoms with E-state index in [4.69, 9.17) is 4.74 Å². The van der Waals surface area contributed by atoms with E-state index < -0.39 is 0 Å². The molecule has 0 fully saturated rings. The number of carbonyl (C=O) groups excluding carboxylic acids is 1. The molecule has 0 aliphatic rings. The van der Waals surface area contributed by atoms with E-state index >= 15 is 0 Å². The van der Waals surface area contributed by atoms with Crippen LogP contribution in [0.1, 0.15) is 29.3 Å². The van der Waals surface area contributed by atoms with Crippen LogP contribution < -0.4 is 4.74 Å². The average Bonchev–Trinajstić information content (AvgIpc) is 2.89. The number of methoxy groups -OCH3 is 1. The van der Waals surface area contributed by atoms with Crippen LogP contribution in [0.15, 0.2) is 36.7 Å². The number of hydrogen-bond acceptors (Lipinski definition) is 2. The second-order valence-corrected chi connectivity index (χ2v) is 4.28. The first-order chi connectivity index (χ1) is 9.15. The molecule has 1 aromatic heterocycles. The molecule has 1 aromatic carbocycles. The van der Waals surface area contributed by atoms with Crippen molar-refractivity contribution in [2.24, 2.45) is 0 Å². The summed E-state index contributed by atoms with van der Waals surface area (Å²) in [5, 5.41) is 0. The summed E-state index contributed by atoms with van der Waals surface area (Å²) in [7, 11) is 1.44. The Labute approximate surface area is 111 Å². The summed E-state index contributed by atoms with van der Waals surface area (Å²) in [5.74, 6) is -0.0403. The Bertz CT molecular complexity index is 590. The van der Waals surface area contributed by atoms with Crippen molar-refractivity contribution >= 4 is 5.78 Å². The third kappa shape index (κ3) is 2.84. The average molecular weight is 261 g/mol. The quantitative estimate of drug-likeness (QED) is 0.773. The van der Waals surface area contributed by atoms with Crippen LogP contribution in [-0.4, -0.2) is 17.5 Å². The predicted molar refractivity (Wildman–Crippen MR) is 71.1 cm³/mol. The van der Waals surface area contributed by atoms with Crippen molar-refractivity contribution in [2.75, 3.05) is 7.11 Å². The van der Waals surface area contributed by atoms with Gasteiger partial charge in [-0.25, -0.2) is 4.39 Å². The molecule has 0 saturated carbocycles. The highest BCUT2D eigenvalue weighted by atomic mass is 19.1. The van der Waals surface area contributed by atoms with Gasteiger partial charge in [-0.15, -0.1) is 0 Å². The summed E-state index contributed by atoms with van der Waals surface area (Å²) >= 11 is 0. The zero-order valence-corrected chi connectivity index (χ0v) is 11.0. The molecule has 2 aromatic rings. The minimum atomic E-state index is -0.359. The van der Waals surface area contributed by atoms with Gasteiger partial charge < -0.3 is 9.30 Å². The maximum Gasteiger partial charge on any atom is 0.170 e. The summed E-state index contributed by atoms with van der Waals surface area (Å²) in [6, 6.07) is 6.79. The Kier molecular flexibility index (Phi) is 4.00. The largest absolute Gasteiger partial charge is 0.494 e. The highest BCUT2D eigenvalue weighted by molar-refractivity contribution is 5.95. The fraction of sp³-hybridized carbons (Fsp3) is 0.267. The van der Waals surface area contributed by atoms with Crippen LogP contribution in [0.5, 0.6) is 5.75 Å². The Morgan fingerprint density at radius 1 is 1.37 bits per heavy atom. The van der Waals surface area contributed by atoms with Gasteiger partial charge in [0, 0.05) is 29.9 Å². The standard InChI is InChI=1S/C15H16FNO2/c1-3-13(18)11-7-8-17(9-11)10-12-5-4-6-14(19-2)15(12)16/h4-9H,3,10H2,1-2H3. The first kappa shape index (κ1) is 13.3. The van der Waals surface area contributed by atoms with Gasteiger partial charge in [-0.2, -0.15) is 0 Å². The van der Waals surface area contributed by atoms with E-state index in [9.17, 15) is 9.18 Å². The number of ketones is 1. The number of halogens is 1. The number of carbonyl (C=O) groups is 1. The first-order valence-electron chi connectivity index (χ1n) is 6.16. The van der Waals surface area contributed by atoms with Gasteiger partial charge in [-0.3, -0.25) is 4.79 Å². The molecule has 0 aliphatic carbocycles. The molecule has 0 atom stereocenters. The third-order valence-electron chi connectivity index (χ3n) is 3.01. The van der Waals surface area contributed by atoms with Crippen molar-refractivity contribution in [2.45, 2.75) is 19.9 Å². The van der Waals surface area contributed by atoms with Gasteiger partial charge >= 0.3 is 0 Å². The highest BCUT2D eigenvalue weighted by Gasteiger charge is 2.10. The number of nitrogens with zero attached hydrogens (tertiary/aromatic N) is 1. The fourth-order valence-corrected chi connectivity index (χ4v) is 1.94. The zero-order valence-electron chi connectivity index (χ0n) is 11.0. The Morgan fingerprint density at radius 2 is 2.16 bits per heavy atom. The molecule has 100 valence electrons. The molecule has 3 nitrogen and oxygen atoms in total. The molecule has 0 N–H and O–H groups in total. The van der Waals surface area contributed by atoms with E-state index in [0.29, 0.717) is 24.1 Å². The SMILES string of the molecule is CCC(=O)c1ccn(Cc2cccc(OC)c2F)c1. The molecule has 4 heteroatoms. The number of ether oxygens (including phenoxy) is 1. The molecule has 0 saturated heterocycles. The summed E-state index contributed by atoms with van der Waals surface area (Å²) < 4.78 is 20.7. The maximum atomic E-state index is 14.0. The molecule has 0 amide bonds. The van der Waals surface area contributed by atoms with Crippen LogP contribution in [-0.2, 0) is 6.54 Å². The van der Waals surface area contributed by atoms with Gasteiger partial charge in [-0.05, 0) is 12.1 Å². The number of benzene rings is 1. The number of rotatable bonds is 5. The molecule has 0 unspecified atom stereocenters. The fourth-order valence-electron chi connectivity index (χ4n) is 1.94. The van der Waals surface area contributed by atoms with Crippen molar-refractivity contribution in [1.29, 1.82) is 0 Å². The lowest BCUT2D eigenvalue weighted by molar-refractivity contribution is 0.0988. The van der Waals surface area contributed by atoms with E-state index in [1.807, 2.05) is 6.92 Å². The minimum Gasteiger partial charge on any atom is -0.494 e. The number of aromatic nitrogens is 1. The molecular formula is C15H16FNO2. The lowest BCUT2D eigenvalue weighted by atomic mass is 10.2. The molecular weight excluding hydrogens is 245 g/mol. The smallest absolute Gasteiger partial charge is 0.170 e. The first-order valence-corrected chi connectivity index (χ1v) is 6.16. The lowest BCUT2D eigenvalue weighted by Crippen LogP contribution is -2.01. The third-order valence-corrected chi connectivity index (χ3v) is 3.01. The molecule has 19 heavy (non-hydrogen) atoms. The van der Waals surface area contributed by atoms with E-state index in [1.54, 1.807) is 41.2 Å². The Hall–Kier alpha value is -2.10. The zero-order chi connectivity index (χ0) is 13.8. The lowest BCUT2D eigenvalue weighted by Gasteiger charge is -2.08. The number of hydrogen-bond donors (Lipinski definition) is 0. The molecule has 1 heterocycles. The summed E-state index contributed by atoms with van der Waals surface area (Å²) in [5.41, 5.74) is 1.19. The van der Waals surface area contributed by atoms with Crippen LogP contribution in [0.3, 0.4) is 0 Å². The van der Waals surface area contributed by atoms with Crippen LogP contribution >= 0.6 is 0 Å². The van der Waals surface area contributed by atoms with Crippen LogP contribution in [0, 0.1) is 5.82 Å². The Balaban J connectivity index is 2.22. The summed E-state index contributed by atoms with van der Waals surface area (Å²) in [6.07, 6.45) is 3.99. The van der Waals surface area contributed by atoms with Gasteiger partial charge in [0.2, 0.25) is 0 Å². The van der Waals surface area contributed by atoms with Crippen molar-refractivity contribution in [3.63, 3.8) is 0 Å². The van der Waals surface area contributed by atoms with Crippen molar-refractivity contribution in [1.82, 2.24) is 4.57 Å². The Morgan fingerprint density at radius 3 is 2.84 bits per heavy atom. The maximum absolute atomic E-state index is 14.0. The van der Waals surface area contributed by atoms with Crippen LogP contribution in [0.4, 0.5) is 4.39 Å². The van der Waals surface area contributed by atoms with Crippen molar-refractivity contribution in [3.05, 3.63) is 53.6 Å². The van der Waals surface area contributed by atoms with Crippen LogP contribution in [0.2, 0.25) is 0 Å². The molecule has 0 spiro atoms. The summed E-state index contributed by atoms with van der Waals surface area (Å²) in [4.78, 5) is 11.5. The normalized spacial score (nSPS) is 10.5. The van der Waals surface area contributed by atoms with Gasteiger partial charge in [0.05, 0.1) is 13.7 Å². The number of Topliss-reactive ketones (excluding diaryl/α,β-unsaturated/α-hetero) is 1. The predicted octanol–water partition coefficient (Wildman–Crippen LogP) is 3.28. The summed E-state index contributed by atoms with van der Waals surface area (Å²) in [6.45, 7) is 2.20.